The molecule has 2 rings (SSSR count). The second-order valence-corrected chi connectivity index (χ2v) is 10.7. The predicted octanol–water partition coefficient (Wildman–Crippen LogP) is 8.64. The molecule has 2 saturated carbocycles. The van der Waals surface area contributed by atoms with Gasteiger partial charge >= 0.3 is 11.9 Å². The Morgan fingerprint density at radius 2 is 0.765 bits per heavy atom. The molecule has 0 saturated heterocycles. The van der Waals surface area contributed by atoms with Gasteiger partial charge in [-0.3, -0.25) is 0 Å². The van der Waals surface area contributed by atoms with Crippen molar-refractivity contribution in [2.75, 3.05) is 13.2 Å². The van der Waals surface area contributed by atoms with E-state index in [0.717, 1.165) is 25.7 Å². The second kappa shape index (κ2) is 18.7. The van der Waals surface area contributed by atoms with Crippen molar-refractivity contribution in [2.24, 2.45) is 5.41 Å². The summed E-state index contributed by atoms with van der Waals surface area (Å²) < 4.78 is 10.9. The molecule has 0 aliphatic heterocycles. The van der Waals surface area contributed by atoms with Crippen LogP contribution in [-0.4, -0.2) is 25.2 Å². The Morgan fingerprint density at radius 3 is 1.00 bits per heavy atom. The van der Waals surface area contributed by atoms with Crippen molar-refractivity contribution in [2.45, 2.75) is 136 Å². The molecule has 0 N–H and O–H groups in total. The first-order chi connectivity index (χ1) is 16.4. The lowest BCUT2D eigenvalue weighted by atomic mass is 9.78. The third-order valence-electron chi connectivity index (χ3n) is 7.13. The molecular weight excluding hydrogens is 424 g/mol. The Bertz CT molecular complexity index is 532. The summed E-state index contributed by atoms with van der Waals surface area (Å²) in [5, 5.41) is 0. The Balaban J connectivity index is 0.000000479. The zero-order valence-electron chi connectivity index (χ0n) is 22.4. The fourth-order valence-corrected chi connectivity index (χ4v) is 4.79. The average Bonchev–Trinajstić information content (AvgIpc) is 2.84. The van der Waals surface area contributed by atoms with Crippen LogP contribution in [0.15, 0.2) is 24.3 Å². The van der Waals surface area contributed by atoms with Gasteiger partial charge in [0.05, 0.1) is 0 Å². The molecule has 34 heavy (non-hydrogen) atoms. The Hall–Kier alpha value is -1.58. The van der Waals surface area contributed by atoms with Gasteiger partial charge in [0.1, 0.15) is 13.2 Å². The van der Waals surface area contributed by atoms with Crippen LogP contribution in [0.5, 0.6) is 0 Å². The highest BCUT2D eigenvalue weighted by molar-refractivity contribution is 5.87. The molecule has 0 aromatic rings. The van der Waals surface area contributed by atoms with Gasteiger partial charge in [0.2, 0.25) is 0 Å². The fraction of sp³-hybridized carbons (Fsp3) is 0.800. The SMILES string of the molecule is C1CCCCCCCCC1.C=C(C)C(=O)OCC1(COC(=O)C(=C)C)CCCCCCCCC1. The molecule has 0 bridgehead atoms. The summed E-state index contributed by atoms with van der Waals surface area (Å²) in [6.45, 7) is 11.1. The van der Waals surface area contributed by atoms with Crippen LogP contribution in [0.3, 0.4) is 0 Å². The quantitative estimate of drug-likeness (QED) is 0.284. The van der Waals surface area contributed by atoms with Crippen LogP contribution < -0.4 is 0 Å². The lowest BCUT2D eigenvalue weighted by Gasteiger charge is -2.33. The van der Waals surface area contributed by atoms with E-state index in [-0.39, 0.29) is 30.6 Å². The highest BCUT2D eigenvalue weighted by atomic mass is 16.5. The minimum atomic E-state index is -0.377. The Morgan fingerprint density at radius 1 is 0.529 bits per heavy atom. The molecule has 0 heterocycles. The topological polar surface area (TPSA) is 52.6 Å². The Kier molecular flexibility index (Phi) is 16.8. The minimum absolute atomic E-state index is 0.280. The van der Waals surface area contributed by atoms with Gasteiger partial charge in [-0.1, -0.05) is 122 Å². The van der Waals surface area contributed by atoms with Crippen LogP contribution >= 0.6 is 0 Å². The van der Waals surface area contributed by atoms with E-state index < -0.39 is 0 Å². The van der Waals surface area contributed by atoms with Gasteiger partial charge in [0, 0.05) is 16.6 Å². The summed E-state index contributed by atoms with van der Waals surface area (Å²) in [5.41, 5.74) is 0.487. The molecule has 196 valence electrons. The summed E-state index contributed by atoms with van der Waals surface area (Å²) in [6.07, 6.45) is 25.1. The summed E-state index contributed by atoms with van der Waals surface area (Å²) in [7, 11) is 0. The van der Waals surface area contributed by atoms with E-state index in [1.54, 1.807) is 13.8 Å². The van der Waals surface area contributed by atoms with E-state index in [2.05, 4.69) is 13.2 Å². The van der Waals surface area contributed by atoms with Gasteiger partial charge in [0.25, 0.3) is 0 Å². The highest BCUT2D eigenvalue weighted by Gasteiger charge is 2.33. The molecule has 2 fully saturated rings. The number of carbonyl (C=O) groups is 2. The van der Waals surface area contributed by atoms with Crippen molar-refractivity contribution in [3.8, 4) is 0 Å². The van der Waals surface area contributed by atoms with Crippen molar-refractivity contribution < 1.29 is 19.1 Å². The molecule has 4 nitrogen and oxygen atoms in total. The number of hydrogen-bond acceptors (Lipinski definition) is 4. The average molecular weight is 477 g/mol. The first-order valence-electron chi connectivity index (χ1n) is 14.0. The lowest BCUT2D eigenvalue weighted by molar-refractivity contribution is -0.150. The van der Waals surface area contributed by atoms with E-state index in [0.29, 0.717) is 11.1 Å². The molecule has 0 unspecified atom stereocenters. The van der Waals surface area contributed by atoms with Gasteiger partial charge < -0.3 is 9.47 Å². The predicted molar refractivity (Wildman–Crippen MR) is 142 cm³/mol. The summed E-state index contributed by atoms with van der Waals surface area (Å²) in [6, 6.07) is 0. The van der Waals surface area contributed by atoms with E-state index in [4.69, 9.17) is 9.47 Å². The van der Waals surface area contributed by atoms with Crippen molar-refractivity contribution in [1.82, 2.24) is 0 Å². The number of carbonyl (C=O) groups excluding carboxylic acids is 2. The van der Waals surface area contributed by atoms with E-state index in [9.17, 15) is 9.59 Å². The second-order valence-electron chi connectivity index (χ2n) is 10.7. The van der Waals surface area contributed by atoms with Crippen LogP contribution in [0, 0.1) is 5.41 Å². The lowest BCUT2D eigenvalue weighted by Crippen LogP contribution is -2.35. The van der Waals surface area contributed by atoms with Gasteiger partial charge in [-0.15, -0.1) is 0 Å². The van der Waals surface area contributed by atoms with Gasteiger partial charge in [-0.05, 0) is 26.7 Å². The third-order valence-corrected chi connectivity index (χ3v) is 7.13. The van der Waals surface area contributed by atoms with E-state index in [1.807, 2.05) is 0 Å². The van der Waals surface area contributed by atoms with Crippen molar-refractivity contribution in [3.63, 3.8) is 0 Å². The number of esters is 2. The smallest absolute Gasteiger partial charge is 0.333 e. The Labute approximate surface area is 209 Å². The maximum Gasteiger partial charge on any atom is 0.333 e. The monoisotopic (exact) mass is 476 g/mol. The fourth-order valence-electron chi connectivity index (χ4n) is 4.79. The van der Waals surface area contributed by atoms with Crippen molar-refractivity contribution in [1.29, 1.82) is 0 Å². The first-order valence-corrected chi connectivity index (χ1v) is 14.0. The normalized spacial score (nSPS) is 19.9. The molecule has 0 aromatic carbocycles. The van der Waals surface area contributed by atoms with E-state index >= 15 is 0 Å². The summed E-state index contributed by atoms with van der Waals surface area (Å²) >= 11 is 0. The highest BCUT2D eigenvalue weighted by Crippen LogP contribution is 2.34. The molecule has 4 heteroatoms. The standard InChI is InChI=1S/C20H32O4.C10H20/c1-16(2)18(21)23-14-20(15-24-19(22)17(3)4)12-10-8-6-5-7-9-11-13-20;1-2-4-6-8-10-9-7-5-3-1/h1,3,5-15H2,2,4H3;1-10H2. The molecule has 2 aliphatic carbocycles. The maximum atomic E-state index is 11.8. The molecule has 2 aliphatic rings. The van der Waals surface area contributed by atoms with E-state index in [1.165, 1.54) is 96.3 Å². The number of rotatable bonds is 6. The first kappa shape index (κ1) is 30.5. The van der Waals surface area contributed by atoms with Gasteiger partial charge in [0.15, 0.2) is 0 Å². The van der Waals surface area contributed by atoms with Gasteiger partial charge in [-0.2, -0.15) is 0 Å². The molecule has 0 amide bonds. The zero-order chi connectivity index (χ0) is 25.1. The zero-order valence-corrected chi connectivity index (χ0v) is 22.4. The van der Waals surface area contributed by atoms with Crippen LogP contribution in [0.1, 0.15) is 136 Å². The molecule has 0 aromatic heterocycles. The minimum Gasteiger partial charge on any atom is -0.462 e. The van der Waals surface area contributed by atoms with Gasteiger partial charge in [-0.25, -0.2) is 9.59 Å². The van der Waals surface area contributed by atoms with Crippen LogP contribution in [0.4, 0.5) is 0 Å². The largest absolute Gasteiger partial charge is 0.462 e. The van der Waals surface area contributed by atoms with Crippen molar-refractivity contribution >= 4 is 11.9 Å². The van der Waals surface area contributed by atoms with Crippen molar-refractivity contribution in [3.05, 3.63) is 24.3 Å². The molecule has 0 atom stereocenters. The number of hydrogen-bond donors (Lipinski definition) is 0. The van der Waals surface area contributed by atoms with Crippen LogP contribution in [0.2, 0.25) is 0 Å². The van der Waals surface area contributed by atoms with Crippen LogP contribution in [0.25, 0.3) is 0 Å². The maximum absolute atomic E-state index is 11.8. The van der Waals surface area contributed by atoms with Crippen LogP contribution in [-0.2, 0) is 19.1 Å². The molecule has 0 radical (unpaired) electrons. The molecule has 0 spiro atoms. The number of ether oxygens (including phenoxy) is 2. The molecular formula is C30H52O4. The third kappa shape index (κ3) is 14.6. The summed E-state index contributed by atoms with van der Waals surface area (Å²) in [5.74, 6) is -0.754. The summed E-state index contributed by atoms with van der Waals surface area (Å²) in [4.78, 5) is 23.6.